The van der Waals surface area contributed by atoms with Gasteiger partial charge in [-0.2, -0.15) is 17.2 Å². The second kappa shape index (κ2) is 6.84. The minimum Gasteiger partial charge on any atom is -0.459 e. The largest absolute Gasteiger partial charge is 0.459 e. The van der Waals surface area contributed by atoms with Crippen LogP contribution < -0.4 is 0 Å². The summed E-state index contributed by atoms with van der Waals surface area (Å²) in [5.74, 6) is -1.18. The highest BCUT2D eigenvalue weighted by atomic mass is 32.2. The van der Waals surface area contributed by atoms with E-state index in [1.807, 2.05) is 0 Å². The molecule has 0 amide bonds. The predicted molar refractivity (Wildman–Crippen MR) is 99.4 cm³/mol. The van der Waals surface area contributed by atoms with Crippen molar-refractivity contribution in [2.45, 2.75) is 80.9 Å². The van der Waals surface area contributed by atoms with Crippen molar-refractivity contribution in [3.05, 3.63) is 0 Å². The SMILES string of the molecule is O=C(OC12CC3CC(C1)CC(C(=O)OCC(F)(F)S(=O)(=O)O)(C3)C2)C1CCC2OC2C1. The summed E-state index contributed by atoms with van der Waals surface area (Å²) in [5, 5.41) is -4.57. The number of fused-ring (bicyclic) bond motifs is 1. The fraction of sp³-hybridized carbons (Fsp3) is 0.900. The van der Waals surface area contributed by atoms with Gasteiger partial charge < -0.3 is 14.2 Å². The van der Waals surface area contributed by atoms with Gasteiger partial charge in [0.25, 0.3) is 0 Å². The highest BCUT2D eigenvalue weighted by molar-refractivity contribution is 7.86. The van der Waals surface area contributed by atoms with Crippen LogP contribution in [0.2, 0.25) is 0 Å². The lowest BCUT2D eigenvalue weighted by Gasteiger charge is -2.59. The minimum atomic E-state index is -5.69. The van der Waals surface area contributed by atoms with Gasteiger partial charge >= 0.3 is 27.3 Å². The quantitative estimate of drug-likeness (QED) is 0.362. The van der Waals surface area contributed by atoms with Crippen molar-refractivity contribution in [3.8, 4) is 0 Å². The molecule has 6 fully saturated rings. The van der Waals surface area contributed by atoms with E-state index in [4.69, 9.17) is 18.8 Å². The normalized spacial score (nSPS) is 43.3. The molecule has 5 atom stereocenters. The van der Waals surface area contributed by atoms with Crippen LogP contribution in [0.3, 0.4) is 0 Å². The Labute approximate surface area is 178 Å². The number of carbonyl (C=O) groups is 2. The summed E-state index contributed by atoms with van der Waals surface area (Å²) in [6, 6.07) is 0. The summed E-state index contributed by atoms with van der Waals surface area (Å²) >= 11 is 0. The van der Waals surface area contributed by atoms with E-state index < -0.39 is 39.0 Å². The lowest BCUT2D eigenvalue weighted by Crippen LogP contribution is -2.60. The molecule has 4 bridgehead atoms. The Morgan fingerprint density at radius 1 is 1.06 bits per heavy atom. The van der Waals surface area contributed by atoms with Crippen molar-refractivity contribution in [2.24, 2.45) is 23.2 Å². The fourth-order valence-electron chi connectivity index (χ4n) is 6.83. The monoisotopic (exact) mass is 464 g/mol. The molecular formula is C20H26F2O8S. The summed E-state index contributed by atoms with van der Waals surface area (Å²) in [6.07, 6.45) is 5.84. The van der Waals surface area contributed by atoms with Gasteiger partial charge in [0.2, 0.25) is 0 Å². The average molecular weight is 464 g/mol. The van der Waals surface area contributed by atoms with Crippen molar-refractivity contribution in [2.75, 3.05) is 6.61 Å². The Hall–Kier alpha value is -1.33. The Balaban J connectivity index is 1.29. The molecule has 5 aliphatic carbocycles. The maximum atomic E-state index is 13.6. The maximum Gasteiger partial charge on any atom is 0.402 e. The predicted octanol–water partition coefficient (Wildman–Crippen LogP) is 2.46. The van der Waals surface area contributed by atoms with Crippen LogP contribution in [0.15, 0.2) is 0 Å². The molecule has 5 saturated carbocycles. The number of carbonyl (C=O) groups excluding carboxylic acids is 2. The zero-order valence-corrected chi connectivity index (χ0v) is 17.7. The standard InChI is InChI=1S/C20H26F2O8S/c21-20(22,31(25,26)27)10-28-17(24)18-5-11-3-12(6-18)8-19(7-11,9-18)30-16(23)13-1-2-14-15(4-13)29-14/h11-15H,1-10H2,(H,25,26,27). The van der Waals surface area contributed by atoms with E-state index in [2.05, 4.69) is 0 Å². The number of alkyl halides is 2. The number of epoxide rings is 1. The molecule has 31 heavy (non-hydrogen) atoms. The van der Waals surface area contributed by atoms with Crippen LogP contribution in [-0.4, -0.2) is 54.6 Å². The summed E-state index contributed by atoms with van der Waals surface area (Å²) in [7, 11) is -5.69. The third-order valence-electron chi connectivity index (χ3n) is 7.84. The number of halogens is 2. The summed E-state index contributed by atoms with van der Waals surface area (Å²) in [6.45, 7) is -1.74. The van der Waals surface area contributed by atoms with Crippen LogP contribution in [0.5, 0.6) is 0 Å². The lowest BCUT2D eigenvalue weighted by atomic mass is 9.48. The van der Waals surface area contributed by atoms with Gasteiger partial charge in [-0.05, 0) is 63.2 Å². The number of hydrogen-bond donors (Lipinski definition) is 1. The van der Waals surface area contributed by atoms with Gasteiger partial charge in [0.05, 0.1) is 23.5 Å². The van der Waals surface area contributed by atoms with E-state index in [0.717, 1.165) is 12.8 Å². The second-order valence-corrected chi connectivity index (χ2v) is 11.8. The molecule has 6 aliphatic rings. The summed E-state index contributed by atoms with van der Waals surface area (Å²) in [5.41, 5.74) is -1.88. The smallest absolute Gasteiger partial charge is 0.402 e. The van der Waals surface area contributed by atoms with Gasteiger partial charge in [-0.25, -0.2) is 0 Å². The van der Waals surface area contributed by atoms with Crippen LogP contribution >= 0.6 is 0 Å². The number of rotatable bonds is 6. The first kappa shape index (κ1) is 21.5. The average Bonchev–Trinajstić information content (AvgIpc) is 3.42. The zero-order valence-electron chi connectivity index (χ0n) is 16.9. The third-order valence-corrected chi connectivity index (χ3v) is 8.72. The molecule has 1 N–H and O–H groups in total. The number of hydrogen-bond acceptors (Lipinski definition) is 7. The van der Waals surface area contributed by atoms with Gasteiger partial charge in [0.1, 0.15) is 5.60 Å². The van der Waals surface area contributed by atoms with Crippen LogP contribution in [0.25, 0.3) is 0 Å². The van der Waals surface area contributed by atoms with Crippen molar-refractivity contribution in [3.63, 3.8) is 0 Å². The molecule has 8 nitrogen and oxygen atoms in total. The van der Waals surface area contributed by atoms with E-state index in [1.54, 1.807) is 0 Å². The van der Waals surface area contributed by atoms with E-state index in [9.17, 15) is 26.8 Å². The Morgan fingerprint density at radius 2 is 1.74 bits per heavy atom. The second-order valence-electron chi connectivity index (χ2n) is 10.3. The topological polar surface area (TPSA) is 120 Å². The molecule has 1 heterocycles. The minimum absolute atomic E-state index is 0.117. The molecular weight excluding hydrogens is 438 g/mol. The van der Waals surface area contributed by atoms with E-state index in [0.29, 0.717) is 38.5 Å². The first-order chi connectivity index (χ1) is 14.4. The lowest BCUT2D eigenvalue weighted by molar-refractivity contribution is -0.217. The highest BCUT2D eigenvalue weighted by Gasteiger charge is 2.64. The molecule has 6 rings (SSSR count). The van der Waals surface area contributed by atoms with Gasteiger partial charge in [-0.3, -0.25) is 14.1 Å². The number of ether oxygens (including phenoxy) is 3. The van der Waals surface area contributed by atoms with Crippen LogP contribution in [0.4, 0.5) is 8.78 Å². The Bertz CT molecular complexity index is 889. The Morgan fingerprint density at radius 3 is 2.35 bits per heavy atom. The molecule has 0 aromatic carbocycles. The maximum absolute atomic E-state index is 13.6. The molecule has 0 radical (unpaired) electrons. The Kier molecular flexibility index (Phi) is 4.74. The molecule has 1 saturated heterocycles. The van der Waals surface area contributed by atoms with Gasteiger partial charge in [0.15, 0.2) is 6.61 Å². The molecule has 0 aromatic rings. The van der Waals surface area contributed by atoms with Gasteiger partial charge in [-0.15, -0.1) is 0 Å². The summed E-state index contributed by atoms with van der Waals surface area (Å²) < 4.78 is 73.6. The van der Waals surface area contributed by atoms with Crippen molar-refractivity contribution in [1.82, 2.24) is 0 Å². The molecule has 174 valence electrons. The summed E-state index contributed by atoms with van der Waals surface area (Å²) in [4.78, 5) is 25.8. The van der Waals surface area contributed by atoms with E-state index in [-0.39, 0.29) is 42.4 Å². The first-order valence-electron chi connectivity index (χ1n) is 10.8. The third kappa shape index (κ3) is 3.76. The molecule has 5 unspecified atom stereocenters. The molecule has 1 aliphatic heterocycles. The van der Waals surface area contributed by atoms with Crippen molar-refractivity contribution < 1.29 is 45.6 Å². The molecule has 11 heteroatoms. The first-order valence-corrected chi connectivity index (χ1v) is 12.2. The van der Waals surface area contributed by atoms with Crippen molar-refractivity contribution in [1.29, 1.82) is 0 Å². The fourth-order valence-corrected chi connectivity index (χ4v) is 7.04. The molecule has 0 aromatic heterocycles. The molecule has 0 spiro atoms. The van der Waals surface area contributed by atoms with Crippen molar-refractivity contribution >= 4 is 22.1 Å². The van der Waals surface area contributed by atoms with E-state index in [1.165, 1.54) is 0 Å². The van der Waals surface area contributed by atoms with Gasteiger partial charge in [0, 0.05) is 6.42 Å². The van der Waals surface area contributed by atoms with Gasteiger partial charge in [-0.1, -0.05) is 0 Å². The van der Waals surface area contributed by atoms with Crippen LogP contribution in [0.1, 0.15) is 57.8 Å². The van der Waals surface area contributed by atoms with E-state index >= 15 is 0 Å². The van der Waals surface area contributed by atoms with Crippen LogP contribution in [0, 0.1) is 23.2 Å². The number of esters is 2. The van der Waals surface area contributed by atoms with Crippen LogP contribution in [-0.2, 0) is 33.9 Å². The highest BCUT2D eigenvalue weighted by Crippen LogP contribution is 2.63. The zero-order chi connectivity index (χ0) is 22.2.